The molecule has 1 aliphatic rings. The fourth-order valence-corrected chi connectivity index (χ4v) is 5.43. The van der Waals surface area contributed by atoms with E-state index in [2.05, 4.69) is 4.98 Å². The topological polar surface area (TPSA) is 106 Å². The summed E-state index contributed by atoms with van der Waals surface area (Å²) in [5.74, 6) is 0.898. The van der Waals surface area contributed by atoms with Crippen LogP contribution in [0.3, 0.4) is 0 Å². The van der Waals surface area contributed by atoms with Gasteiger partial charge in [0.2, 0.25) is 20.7 Å². The van der Waals surface area contributed by atoms with Crippen molar-refractivity contribution in [2.45, 2.75) is 16.8 Å². The van der Waals surface area contributed by atoms with Crippen molar-refractivity contribution in [3.05, 3.63) is 78.1 Å². The molecule has 1 saturated heterocycles. The lowest BCUT2D eigenvalue weighted by Gasteiger charge is -2.34. The second-order valence-electron chi connectivity index (χ2n) is 8.40. The lowest BCUT2D eigenvalue weighted by molar-refractivity contribution is 0.0741. The van der Waals surface area contributed by atoms with Crippen molar-refractivity contribution in [3.63, 3.8) is 0 Å². The SMILES string of the molecule is COc1ccccc1C(=O)N1CCN(c2oc(-c3ccco3)nc2S(=O)(=O)c2ccc(C)cc2)CC1. The summed E-state index contributed by atoms with van der Waals surface area (Å²) >= 11 is 0. The molecule has 4 aromatic rings. The smallest absolute Gasteiger partial charge is 0.266 e. The molecule has 1 fully saturated rings. The number of aryl methyl sites for hydroxylation is 1. The number of rotatable bonds is 6. The third-order valence-corrected chi connectivity index (χ3v) is 7.76. The van der Waals surface area contributed by atoms with Crippen LogP contribution in [0.1, 0.15) is 15.9 Å². The van der Waals surface area contributed by atoms with Crippen molar-refractivity contribution in [1.29, 1.82) is 0 Å². The van der Waals surface area contributed by atoms with Gasteiger partial charge in [0.15, 0.2) is 5.76 Å². The van der Waals surface area contributed by atoms with E-state index in [-0.39, 0.29) is 27.6 Å². The number of furan rings is 1. The molecule has 2 aromatic carbocycles. The average molecular weight is 508 g/mol. The van der Waals surface area contributed by atoms with Crippen molar-refractivity contribution in [2.75, 3.05) is 38.2 Å². The van der Waals surface area contributed by atoms with Crippen molar-refractivity contribution in [3.8, 4) is 17.4 Å². The summed E-state index contributed by atoms with van der Waals surface area (Å²) in [7, 11) is -2.44. The molecule has 2 aromatic heterocycles. The average Bonchev–Trinajstić information content (AvgIpc) is 3.59. The van der Waals surface area contributed by atoms with Gasteiger partial charge in [-0.15, -0.1) is 0 Å². The molecule has 10 heteroatoms. The molecule has 1 aliphatic heterocycles. The Kier molecular flexibility index (Phi) is 6.27. The highest BCUT2D eigenvalue weighted by molar-refractivity contribution is 7.91. The predicted octanol–water partition coefficient (Wildman–Crippen LogP) is 4.05. The third-order valence-electron chi connectivity index (χ3n) is 6.09. The number of anilines is 1. The van der Waals surface area contributed by atoms with Gasteiger partial charge in [-0.25, -0.2) is 8.42 Å². The van der Waals surface area contributed by atoms with E-state index >= 15 is 0 Å². The summed E-state index contributed by atoms with van der Waals surface area (Å²) in [6.45, 7) is 3.36. The quantitative estimate of drug-likeness (QED) is 0.385. The van der Waals surface area contributed by atoms with E-state index < -0.39 is 9.84 Å². The number of ether oxygens (including phenoxy) is 1. The minimum Gasteiger partial charge on any atom is -0.496 e. The van der Waals surface area contributed by atoms with E-state index in [1.807, 2.05) is 13.0 Å². The van der Waals surface area contributed by atoms with E-state index in [0.717, 1.165) is 5.56 Å². The molecule has 1 amide bonds. The number of aromatic nitrogens is 1. The second kappa shape index (κ2) is 9.54. The standard InChI is InChI=1S/C26H25N3O6S/c1-18-9-11-19(12-10-18)36(31,32)24-26(35-23(27-24)22-8-5-17-34-22)29-15-13-28(14-16-29)25(30)20-6-3-4-7-21(20)33-2/h3-12,17H,13-16H2,1-2H3. The van der Waals surface area contributed by atoms with Gasteiger partial charge in [0.05, 0.1) is 23.8 Å². The number of amides is 1. The van der Waals surface area contributed by atoms with Gasteiger partial charge < -0.3 is 23.4 Å². The number of sulfone groups is 1. The summed E-state index contributed by atoms with van der Waals surface area (Å²) < 4.78 is 43.8. The highest BCUT2D eigenvalue weighted by Gasteiger charge is 2.34. The molecule has 3 heterocycles. The van der Waals surface area contributed by atoms with Gasteiger partial charge in [0.1, 0.15) is 5.75 Å². The molecule has 0 bridgehead atoms. The van der Waals surface area contributed by atoms with Crippen LogP contribution in [0, 0.1) is 6.92 Å². The summed E-state index contributed by atoms with van der Waals surface area (Å²) in [6, 6.07) is 17.0. The number of oxazole rings is 1. The Labute approximate surface area is 208 Å². The molecule has 0 spiro atoms. The van der Waals surface area contributed by atoms with E-state index in [4.69, 9.17) is 13.6 Å². The first-order valence-electron chi connectivity index (χ1n) is 11.4. The van der Waals surface area contributed by atoms with Gasteiger partial charge in [-0.2, -0.15) is 4.98 Å². The molecular formula is C26H25N3O6S. The number of para-hydroxylation sites is 1. The fraction of sp³-hybridized carbons (Fsp3) is 0.231. The summed E-state index contributed by atoms with van der Waals surface area (Å²) in [4.78, 5) is 21.1. The summed E-state index contributed by atoms with van der Waals surface area (Å²) in [6.07, 6.45) is 1.47. The Morgan fingerprint density at radius 2 is 1.69 bits per heavy atom. The van der Waals surface area contributed by atoms with Crippen LogP contribution in [-0.4, -0.2) is 57.5 Å². The Morgan fingerprint density at radius 1 is 0.972 bits per heavy atom. The monoisotopic (exact) mass is 507 g/mol. The van der Waals surface area contributed by atoms with E-state index in [9.17, 15) is 13.2 Å². The third kappa shape index (κ3) is 4.35. The maximum absolute atomic E-state index is 13.6. The largest absolute Gasteiger partial charge is 0.496 e. The fourth-order valence-electron chi connectivity index (χ4n) is 4.11. The molecule has 9 nitrogen and oxygen atoms in total. The molecule has 0 N–H and O–H groups in total. The van der Waals surface area contributed by atoms with Gasteiger partial charge in [0, 0.05) is 26.2 Å². The number of hydrogen-bond acceptors (Lipinski definition) is 8. The van der Waals surface area contributed by atoms with Gasteiger partial charge in [-0.3, -0.25) is 4.79 Å². The first-order chi connectivity index (χ1) is 17.4. The predicted molar refractivity (Wildman–Crippen MR) is 132 cm³/mol. The molecule has 0 atom stereocenters. The van der Waals surface area contributed by atoms with Crippen LogP contribution in [0.4, 0.5) is 5.88 Å². The van der Waals surface area contributed by atoms with Crippen molar-refractivity contribution < 1.29 is 26.8 Å². The molecule has 36 heavy (non-hydrogen) atoms. The maximum Gasteiger partial charge on any atom is 0.266 e. The van der Waals surface area contributed by atoms with E-state index in [1.165, 1.54) is 13.4 Å². The second-order valence-corrected chi connectivity index (χ2v) is 10.3. The van der Waals surface area contributed by atoms with Crippen LogP contribution in [0.2, 0.25) is 0 Å². The number of benzene rings is 2. The van der Waals surface area contributed by atoms with Crippen molar-refractivity contribution in [2.24, 2.45) is 0 Å². The molecule has 186 valence electrons. The van der Waals surface area contributed by atoms with Crippen LogP contribution in [-0.2, 0) is 9.84 Å². The molecule has 0 saturated carbocycles. The Morgan fingerprint density at radius 3 is 2.36 bits per heavy atom. The Bertz CT molecular complexity index is 1470. The normalized spacial score (nSPS) is 14.2. The minimum absolute atomic E-state index is 0.0771. The molecule has 5 rings (SSSR count). The van der Waals surface area contributed by atoms with E-state index in [0.29, 0.717) is 43.3 Å². The van der Waals surface area contributed by atoms with Crippen molar-refractivity contribution in [1.82, 2.24) is 9.88 Å². The molecular weight excluding hydrogens is 482 g/mol. The molecule has 0 unspecified atom stereocenters. The zero-order valence-electron chi connectivity index (χ0n) is 19.9. The Balaban J connectivity index is 1.44. The van der Waals surface area contributed by atoms with Gasteiger partial charge in [-0.1, -0.05) is 29.8 Å². The lowest BCUT2D eigenvalue weighted by atomic mass is 10.1. The number of carbonyl (C=O) groups is 1. The number of piperazine rings is 1. The van der Waals surface area contributed by atoms with Crippen LogP contribution >= 0.6 is 0 Å². The van der Waals surface area contributed by atoms with Gasteiger partial charge in [0.25, 0.3) is 11.8 Å². The zero-order valence-corrected chi connectivity index (χ0v) is 20.7. The van der Waals surface area contributed by atoms with Gasteiger partial charge in [-0.05, 0) is 43.3 Å². The van der Waals surface area contributed by atoms with Gasteiger partial charge >= 0.3 is 0 Å². The minimum atomic E-state index is -3.97. The zero-order chi connectivity index (χ0) is 25.3. The molecule has 0 radical (unpaired) electrons. The maximum atomic E-state index is 13.6. The van der Waals surface area contributed by atoms with Crippen LogP contribution in [0.5, 0.6) is 5.75 Å². The summed E-state index contributed by atoms with van der Waals surface area (Å²) in [5.41, 5.74) is 1.43. The first kappa shape index (κ1) is 23.7. The van der Waals surface area contributed by atoms with Crippen LogP contribution < -0.4 is 9.64 Å². The lowest BCUT2D eigenvalue weighted by Crippen LogP contribution is -2.49. The number of hydrogen-bond donors (Lipinski definition) is 0. The highest BCUT2D eigenvalue weighted by atomic mass is 32.2. The first-order valence-corrected chi connectivity index (χ1v) is 12.9. The van der Waals surface area contributed by atoms with Crippen LogP contribution in [0.15, 0.2) is 85.7 Å². The number of methoxy groups -OCH3 is 1. The Hall–Kier alpha value is -4.05. The highest BCUT2D eigenvalue weighted by Crippen LogP contribution is 2.35. The van der Waals surface area contributed by atoms with Crippen molar-refractivity contribution >= 4 is 21.6 Å². The van der Waals surface area contributed by atoms with E-state index in [1.54, 1.807) is 64.4 Å². The number of carbonyl (C=O) groups excluding carboxylic acids is 1. The molecule has 0 aliphatic carbocycles. The van der Waals surface area contributed by atoms with Crippen LogP contribution in [0.25, 0.3) is 11.7 Å². The number of nitrogens with zero attached hydrogens (tertiary/aromatic N) is 3. The summed E-state index contributed by atoms with van der Waals surface area (Å²) in [5, 5.41) is -0.178.